The van der Waals surface area contributed by atoms with Crippen LogP contribution in [0.15, 0.2) is 70.8 Å². The first-order valence-corrected chi connectivity index (χ1v) is 9.60. The first-order chi connectivity index (χ1) is 14.5. The maximum Gasteiger partial charge on any atom is 0.281 e. The molecule has 3 aromatic rings. The molecule has 2 aromatic carbocycles. The zero-order valence-corrected chi connectivity index (χ0v) is 16.9. The highest BCUT2D eigenvalue weighted by atomic mass is 32.1. The van der Waals surface area contributed by atoms with Gasteiger partial charge in [0.2, 0.25) is 0 Å². The van der Waals surface area contributed by atoms with Gasteiger partial charge >= 0.3 is 0 Å². The van der Waals surface area contributed by atoms with Crippen molar-refractivity contribution in [2.75, 3.05) is 4.90 Å². The average molecular weight is 415 g/mol. The molecule has 0 radical (unpaired) electrons. The Morgan fingerprint density at radius 1 is 1.17 bits per heavy atom. The van der Waals surface area contributed by atoms with Crippen LogP contribution in [0, 0.1) is 18.3 Å². The van der Waals surface area contributed by atoms with Gasteiger partial charge in [0.05, 0.1) is 17.3 Å². The predicted molar refractivity (Wildman–Crippen MR) is 117 cm³/mol. The molecule has 0 aliphatic carbocycles. The van der Waals surface area contributed by atoms with Gasteiger partial charge in [0.1, 0.15) is 29.6 Å². The van der Waals surface area contributed by atoms with Gasteiger partial charge in [0, 0.05) is 6.08 Å². The number of anilines is 1. The van der Waals surface area contributed by atoms with Crippen LogP contribution in [0.1, 0.15) is 22.6 Å². The highest BCUT2D eigenvalue weighted by molar-refractivity contribution is 7.80. The third kappa shape index (κ3) is 3.95. The number of rotatable bonds is 5. The van der Waals surface area contributed by atoms with Gasteiger partial charge in [0.25, 0.3) is 5.91 Å². The molecule has 1 aliphatic heterocycles. The zero-order valence-electron chi connectivity index (χ0n) is 16.1. The Labute approximate surface area is 179 Å². The van der Waals surface area contributed by atoms with Gasteiger partial charge in [-0.25, -0.2) is 0 Å². The van der Waals surface area contributed by atoms with E-state index in [9.17, 15) is 4.79 Å². The van der Waals surface area contributed by atoms with Crippen LogP contribution >= 0.6 is 12.2 Å². The molecule has 0 spiro atoms. The first kappa shape index (κ1) is 19.4. The van der Waals surface area contributed by atoms with E-state index in [1.54, 1.807) is 42.5 Å². The summed E-state index contributed by atoms with van der Waals surface area (Å²) in [7, 11) is 0. The number of aryl methyl sites for hydroxylation is 1. The van der Waals surface area contributed by atoms with Crippen LogP contribution in [-0.2, 0) is 11.4 Å². The zero-order chi connectivity index (χ0) is 21.1. The topological polar surface area (TPSA) is 78.5 Å². The summed E-state index contributed by atoms with van der Waals surface area (Å²) in [5.74, 6) is 1.52. The standard InChI is InChI=1S/C23H17N3O3S/c1-15-4-2-3-5-21(15)26-22(27)20(25-23(26)30)12-18-10-11-19(29-18)14-28-17-8-6-16(13-24)7-9-17/h2-12H,14H2,1H3,(H,25,30)/b20-12+. The second-order valence-corrected chi connectivity index (χ2v) is 7.03. The van der Waals surface area contributed by atoms with Gasteiger partial charge in [-0.2, -0.15) is 5.26 Å². The van der Waals surface area contributed by atoms with E-state index in [-0.39, 0.29) is 12.5 Å². The number of nitrogens with one attached hydrogen (secondary N) is 1. The number of amides is 1. The highest BCUT2D eigenvalue weighted by Gasteiger charge is 2.32. The Morgan fingerprint density at radius 3 is 2.67 bits per heavy atom. The van der Waals surface area contributed by atoms with E-state index in [1.807, 2.05) is 31.2 Å². The Kier molecular flexibility index (Phi) is 5.33. The van der Waals surface area contributed by atoms with E-state index in [2.05, 4.69) is 11.4 Å². The lowest BCUT2D eigenvalue weighted by atomic mass is 10.2. The molecule has 1 saturated heterocycles. The van der Waals surface area contributed by atoms with Crippen LogP contribution in [0.5, 0.6) is 5.75 Å². The van der Waals surface area contributed by atoms with Crippen LogP contribution in [0.4, 0.5) is 5.69 Å². The summed E-state index contributed by atoms with van der Waals surface area (Å²) >= 11 is 5.35. The summed E-state index contributed by atoms with van der Waals surface area (Å²) in [4.78, 5) is 14.3. The summed E-state index contributed by atoms with van der Waals surface area (Å²) in [6.07, 6.45) is 1.62. The van der Waals surface area contributed by atoms with Crippen LogP contribution in [0.25, 0.3) is 6.08 Å². The molecular formula is C23H17N3O3S. The first-order valence-electron chi connectivity index (χ1n) is 9.19. The van der Waals surface area contributed by atoms with E-state index in [0.29, 0.717) is 33.6 Å². The molecule has 0 unspecified atom stereocenters. The molecule has 4 rings (SSSR count). The summed E-state index contributed by atoms with van der Waals surface area (Å²) < 4.78 is 11.4. The summed E-state index contributed by atoms with van der Waals surface area (Å²) in [6.45, 7) is 2.16. The third-order valence-electron chi connectivity index (χ3n) is 4.57. The van der Waals surface area contributed by atoms with Gasteiger partial charge < -0.3 is 14.5 Å². The Hall–Kier alpha value is -3.89. The van der Waals surface area contributed by atoms with Crippen molar-refractivity contribution in [2.45, 2.75) is 13.5 Å². The predicted octanol–water partition coefficient (Wildman–Crippen LogP) is 4.30. The van der Waals surface area contributed by atoms with Crippen molar-refractivity contribution in [1.29, 1.82) is 5.26 Å². The van der Waals surface area contributed by atoms with E-state index in [1.165, 1.54) is 4.90 Å². The molecule has 1 fully saturated rings. The number of nitrogens with zero attached hydrogens (tertiary/aromatic N) is 2. The van der Waals surface area contributed by atoms with Crippen LogP contribution < -0.4 is 15.0 Å². The molecule has 1 amide bonds. The Bertz CT molecular complexity index is 1190. The number of para-hydroxylation sites is 1. The SMILES string of the molecule is Cc1ccccc1N1C(=O)/C(=C\c2ccc(COc3ccc(C#N)cc3)o2)NC1=S. The van der Waals surface area contributed by atoms with Gasteiger partial charge in [-0.3, -0.25) is 9.69 Å². The Balaban J connectivity index is 1.46. The Morgan fingerprint density at radius 2 is 1.93 bits per heavy atom. The number of thiocarbonyl (C=S) groups is 1. The molecule has 0 bridgehead atoms. The minimum absolute atomic E-state index is 0.226. The van der Waals surface area contributed by atoms with Crippen molar-refractivity contribution in [3.8, 4) is 11.8 Å². The lowest BCUT2D eigenvalue weighted by Gasteiger charge is -2.16. The normalized spacial score (nSPS) is 14.7. The molecule has 7 heteroatoms. The second kappa shape index (κ2) is 8.23. The molecular weight excluding hydrogens is 398 g/mol. The number of benzene rings is 2. The molecule has 148 valence electrons. The average Bonchev–Trinajstić information content (AvgIpc) is 3.31. The molecule has 1 N–H and O–H groups in total. The largest absolute Gasteiger partial charge is 0.486 e. The lowest BCUT2D eigenvalue weighted by Crippen LogP contribution is -2.30. The van der Waals surface area contributed by atoms with Crippen LogP contribution in [0.2, 0.25) is 0 Å². The number of carbonyl (C=O) groups excluding carboxylic acids is 1. The van der Waals surface area contributed by atoms with E-state index in [0.717, 1.165) is 11.3 Å². The fraction of sp³-hybridized carbons (Fsp3) is 0.0870. The fourth-order valence-electron chi connectivity index (χ4n) is 3.04. The van der Waals surface area contributed by atoms with Crippen molar-refractivity contribution >= 4 is 35.0 Å². The van der Waals surface area contributed by atoms with Crippen molar-refractivity contribution in [1.82, 2.24) is 5.32 Å². The minimum Gasteiger partial charge on any atom is -0.486 e. The molecule has 2 heterocycles. The van der Waals surface area contributed by atoms with Crippen LogP contribution in [-0.4, -0.2) is 11.0 Å². The maximum absolute atomic E-state index is 12.9. The fourth-order valence-corrected chi connectivity index (χ4v) is 3.33. The lowest BCUT2D eigenvalue weighted by molar-refractivity contribution is -0.113. The summed E-state index contributed by atoms with van der Waals surface area (Å²) in [5, 5.41) is 12.1. The number of nitriles is 1. The molecule has 1 aliphatic rings. The number of hydrogen-bond acceptors (Lipinski definition) is 5. The maximum atomic E-state index is 12.9. The molecule has 30 heavy (non-hydrogen) atoms. The number of hydrogen-bond donors (Lipinski definition) is 1. The molecule has 0 saturated carbocycles. The van der Waals surface area contributed by atoms with Gasteiger partial charge in [0.15, 0.2) is 5.11 Å². The van der Waals surface area contributed by atoms with Gasteiger partial charge in [-0.05, 0) is 67.2 Å². The third-order valence-corrected chi connectivity index (χ3v) is 4.85. The van der Waals surface area contributed by atoms with Crippen molar-refractivity contribution in [2.24, 2.45) is 0 Å². The second-order valence-electron chi connectivity index (χ2n) is 6.64. The highest BCUT2D eigenvalue weighted by Crippen LogP contribution is 2.26. The van der Waals surface area contributed by atoms with Crippen molar-refractivity contribution in [3.05, 3.63) is 89.0 Å². The van der Waals surface area contributed by atoms with Crippen molar-refractivity contribution < 1.29 is 13.9 Å². The molecule has 1 aromatic heterocycles. The number of ether oxygens (including phenoxy) is 1. The van der Waals surface area contributed by atoms with E-state index in [4.69, 9.17) is 26.6 Å². The van der Waals surface area contributed by atoms with Crippen molar-refractivity contribution in [3.63, 3.8) is 0 Å². The summed E-state index contributed by atoms with van der Waals surface area (Å²) in [6, 6.07) is 20.0. The minimum atomic E-state index is -0.235. The smallest absolute Gasteiger partial charge is 0.281 e. The number of carbonyl (C=O) groups is 1. The van der Waals surface area contributed by atoms with Gasteiger partial charge in [-0.1, -0.05) is 18.2 Å². The molecule has 0 atom stereocenters. The monoisotopic (exact) mass is 415 g/mol. The van der Waals surface area contributed by atoms with E-state index < -0.39 is 0 Å². The summed E-state index contributed by atoms with van der Waals surface area (Å²) in [5.41, 5.74) is 2.62. The molecule has 6 nitrogen and oxygen atoms in total. The number of furan rings is 1. The van der Waals surface area contributed by atoms with Gasteiger partial charge in [-0.15, -0.1) is 0 Å². The quantitative estimate of drug-likeness (QED) is 0.494. The van der Waals surface area contributed by atoms with Crippen LogP contribution in [0.3, 0.4) is 0 Å². The van der Waals surface area contributed by atoms with E-state index >= 15 is 0 Å².